The summed E-state index contributed by atoms with van der Waals surface area (Å²) in [5, 5.41) is 18.0. The van der Waals surface area contributed by atoms with Gasteiger partial charge in [-0.25, -0.2) is 4.79 Å². The largest absolute Gasteiger partial charge is 0.480 e. The van der Waals surface area contributed by atoms with E-state index in [2.05, 4.69) is 0 Å². The van der Waals surface area contributed by atoms with E-state index in [0.717, 1.165) is 6.42 Å². The molecule has 0 radical (unpaired) electrons. The molecule has 1 amide bonds. The second-order valence-corrected chi connectivity index (χ2v) is 5.17. The van der Waals surface area contributed by atoms with Gasteiger partial charge in [0.1, 0.15) is 6.04 Å². The lowest BCUT2D eigenvalue weighted by Crippen LogP contribution is -2.49. The third-order valence-electron chi connectivity index (χ3n) is 3.67. The second-order valence-electron chi connectivity index (χ2n) is 5.17. The number of carboxylic acid groups (broad SMARTS) is 1. The molecule has 0 saturated carbocycles. The first kappa shape index (κ1) is 14.1. The van der Waals surface area contributed by atoms with E-state index < -0.39 is 12.0 Å². The maximum Gasteiger partial charge on any atom is 0.326 e. The minimum absolute atomic E-state index is 0.284. The van der Waals surface area contributed by atoms with Gasteiger partial charge in [0, 0.05) is 12.1 Å². The summed E-state index contributed by atoms with van der Waals surface area (Å²) < 4.78 is 0. The standard InChI is InChI=1S/C15H16N2O3/c1-10-6-7-17(13(8-10)15(19)20)14(18)12-4-2-11(9-16)3-5-12/h2-5,10,13H,6-8H2,1H3,(H,19,20). The molecular formula is C15H16N2O3. The van der Waals surface area contributed by atoms with Crippen molar-refractivity contribution in [1.29, 1.82) is 5.26 Å². The van der Waals surface area contributed by atoms with Gasteiger partial charge in [0.15, 0.2) is 0 Å². The van der Waals surface area contributed by atoms with Crippen molar-refractivity contribution in [2.45, 2.75) is 25.8 Å². The highest BCUT2D eigenvalue weighted by atomic mass is 16.4. The molecule has 5 nitrogen and oxygen atoms in total. The number of nitriles is 1. The van der Waals surface area contributed by atoms with Gasteiger partial charge in [-0.15, -0.1) is 0 Å². The first-order chi connectivity index (χ1) is 9.52. The molecule has 1 aliphatic heterocycles. The number of carbonyl (C=O) groups excluding carboxylic acids is 1. The van der Waals surface area contributed by atoms with Crippen LogP contribution >= 0.6 is 0 Å². The molecule has 1 heterocycles. The predicted octanol–water partition coefficient (Wildman–Crippen LogP) is 1.88. The minimum Gasteiger partial charge on any atom is -0.480 e. The van der Waals surface area contributed by atoms with Gasteiger partial charge < -0.3 is 10.0 Å². The lowest BCUT2D eigenvalue weighted by Gasteiger charge is -2.36. The number of likely N-dealkylation sites (tertiary alicyclic amines) is 1. The normalized spacial score (nSPS) is 22.1. The van der Waals surface area contributed by atoms with Gasteiger partial charge in [-0.2, -0.15) is 5.26 Å². The highest BCUT2D eigenvalue weighted by molar-refractivity contribution is 5.96. The van der Waals surface area contributed by atoms with Crippen LogP contribution in [0.4, 0.5) is 0 Å². The zero-order valence-corrected chi connectivity index (χ0v) is 11.2. The second kappa shape index (κ2) is 5.74. The molecule has 1 N–H and O–H groups in total. The molecule has 0 aliphatic carbocycles. The third kappa shape index (κ3) is 2.80. The molecule has 1 aliphatic rings. The van der Waals surface area contributed by atoms with E-state index in [9.17, 15) is 14.7 Å². The first-order valence-electron chi connectivity index (χ1n) is 6.57. The van der Waals surface area contributed by atoms with Gasteiger partial charge in [0.25, 0.3) is 5.91 Å². The Bertz CT molecular complexity index is 559. The Labute approximate surface area is 117 Å². The van der Waals surface area contributed by atoms with Crippen molar-refractivity contribution in [2.24, 2.45) is 5.92 Å². The van der Waals surface area contributed by atoms with Gasteiger partial charge in [0.2, 0.25) is 0 Å². The van der Waals surface area contributed by atoms with Crippen LogP contribution in [0.1, 0.15) is 35.7 Å². The molecule has 2 rings (SSSR count). The average Bonchev–Trinajstić information content (AvgIpc) is 2.46. The minimum atomic E-state index is -0.960. The number of carbonyl (C=O) groups is 2. The summed E-state index contributed by atoms with van der Waals surface area (Å²) in [6, 6.07) is 7.49. The van der Waals surface area contributed by atoms with Gasteiger partial charge in [-0.3, -0.25) is 4.79 Å². The summed E-state index contributed by atoms with van der Waals surface area (Å²) in [4.78, 5) is 25.1. The molecule has 5 heteroatoms. The van der Waals surface area contributed by atoms with E-state index >= 15 is 0 Å². The van der Waals surface area contributed by atoms with Gasteiger partial charge in [0.05, 0.1) is 11.6 Å². The van der Waals surface area contributed by atoms with Gasteiger partial charge >= 0.3 is 5.97 Å². The number of piperidine rings is 1. The van der Waals surface area contributed by atoms with E-state index in [1.165, 1.54) is 4.90 Å². The predicted molar refractivity (Wildman–Crippen MR) is 72.0 cm³/mol. The van der Waals surface area contributed by atoms with Crippen molar-refractivity contribution in [3.8, 4) is 6.07 Å². The molecule has 1 fully saturated rings. The summed E-state index contributed by atoms with van der Waals surface area (Å²) in [7, 11) is 0. The SMILES string of the molecule is CC1CCN(C(=O)c2ccc(C#N)cc2)C(C(=O)O)C1. The molecule has 1 saturated heterocycles. The Kier molecular flexibility index (Phi) is 4.04. The molecule has 2 atom stereocenters. The number of aliphatic carboxylic acids is 1. The van der Waals surface area contributed by atoms with Crippen molar-refractivity contribution >= 4 is 11.9 Å². The maximum atomic E-state index is 12.4. The molecule has 0 aromatic heterocycles. The number of rotatable bonds is 2. The lowest BCUT2D eigenvalue weighted by atomic mass is 9.92. The third-order valence-corrected chi connectivity index (χ3v) is 3.67. The van der Waals surface area contributed by atoms with Crippen LogP contribution in [0.3, 0.4) is 0 Å². The summed E-state index contributed by atoms with van der Waals surface area (Å²) in [5.74, 6) is -0.937. The highest BCUT2D eigenvalue weighted by Crippen LogP contribution is 2.24. The number of carboxylic acids is 1. The molecule has 104 valence electrons. The van der Waals surface area contributed by atoms with Crippen molar-refractivity contribution < 1.29 is 14.7 Å². The zero-order chi connectivity index (χ0) is 14.7. The van der Waals surface area contributed by atoms with Crippen LogP contribution < -0.4 is 0 Å². The smallest absolute Gasteiger partial charge is 0.326 e. The summed E-state index contributed by atoms with van der Waals surface area (Å²) in [6.45, 7) is 2.45. The Morgan fingerprint density at radius 3 is 2.55 bits per heavy atom. The van der Waals surface area contributed by atoms with Crippen LogP contribution in [0.25, 0.3) is 0 Å². The summed E-state index contributed by atoms with van der Waals surface area (Å²) in [6.07, 6.45) is 1.29. The van der Waals surface area contributed by atoms with Gasteiger partial charge in [-0.1, -0.05) is 6.92 Å². The maximum absolute atomic E-state index is 12.4. The van der Waals surface area contributed by atoms with Crippen LogP contribution in [0, 0.1) is 17.2 Å². The Morgan fingerprint density at radius 2 is 2.00 bits per heavy atom. The van der Waals surface area contributed by atoms with Crippen molar-refractivity contribution in [3.05, 3.63) is 35.4 Å². The van der Waals surface area contributed by atoms with Crippen LogP contribution in [0.5, 0.6) is 0 Å². The van der Waals surface area contributed by atoms with Crippen LogP contribution in [0.2, 0.25) is 0 Å². The molecule has 0 spiro atoms. The topological polar surface area (TPSA) is 81.4 Å². The molecule has 2 unspecified atom stereocenters. The van der Waals surface area contributed by atoms with Crippen LogP contribution in [-0.4, -0.2) is 34.5 Å². The van der Waals surface area contributed by atoms with Crippen molar-refractivity contribution in [3.63, 3.8) is 0 Å². The molecule has 0 bridgehead atoms. The van der Waals surface area contributed by atoms with E-state index in [1.54, 1.807) is 24.3 Å². The first-order valence-corrected chi connectivity index (χ1v) is 6.57. The average molecular weight is 272 g/mol. The van der Waals surface area contributed by atoms with Crippen LogP contribution in [0.15, 0.2) is 24.3 Å². The van der Waals surface area contributed by atoms with Gasteiger partial charge in [-0.05, 0) is 43.0 Å². The Balaban J connectivity index is 2.21. The van der Waals surface area contributed by atoms with E-state index in [4.69, 9.17) is 5.26 Å². The monoisotopic (exact) mass is 272 g/mol. The van der Waals surface area contributed by atoms with E-state index in [0.29, 0.717) is 30.0 Å². The molecule has 1 aromatic rings. The number of hydrogen-bond acceptors (Lipinski definition) is 3. The van der Waals surface area contributed by atoms with E-state index in [1.807, 2.05) is 13.0 Å². The highest BCUT2D eigenvalue weighted by Gasteiger charge is 2.35. The Hall–Kier alpha value is -2.35. The zero-order valence-electron chi connectivity index (χ0n) is 11.2. The van der Waals surface area contributed by atoms with Crippen molar-refractivity contribution in [2.75, 3.05) is 6.54 Å². The quantitative estimate of drug-likeness (QED) is 0.891. The molecular weight excluding hydrogens is 256 g/mol. The summed E-state index contributed by atoms with van der Waals surface area (Å²) >= 11 is 0. The van der Waals surface area contributed by atoms with E-state index in [-0.39, 0.29) is 5.91 Å². The Morgan fingerprint density at radius 1 is 1.35 bits per heavy atom. The summed E-state index contributed by atoms with van der Waals surface area (Å²) in [5.41, 5.74) is 0.897. The molecule has 20 heavy (non-hydrogen) atoms. The fraction of sp³-hybridized carbons (Fsp3) is 0.400. The molecule has 1 aromatic carbocycles. The number of nitrogens with zero attached hydrogens (tertiary/aromatic N) is 2. The fourth-order valence-corrected chi connectivity index (χ4v) is 2.47. The van der Waals surface area contributed by atoms with Crippen molar-refractivity contribution in [1.82, 2.24) is 4.90 Å². The van der Waals surface area contributed by atoms with Crippen LogP contribution in [-0.2, 0) is 4.79 Å². The number of benzene rings is 1. The number of hydrogen-bond donors (Lipinski definition) is 1. The lowest BCUT2D eigenvalue weighted by molar-refractivity contribution is -0.144. The fourth-order valence-electron chi connectivity index (χ4n) is 2.47. The number of amides is 1.